The number of nitrogen functional groups attached to an aromatic ring is 1. The van der Waals surface area contributed by atoms with Gasteiger partial charge in [0.05, 0.1) is 10.5 Å². The Morgan fingerprint density at radius 2 is 2.20 bits per heavy atom. The third-order valence-corrected chi connectivity index (χ3v) is 1.82. The van der Waals surface area contributed by atoms with Crippen LogP contribution < -0.4 is 11.5 Å². The molecule has 0 aliphatic heterocycles. The largest absolute Gasteiger partial charge is 0.383 e. The van der Waals surface area contributed by atoms with Crippen LogP contribution in [-0.4, -0.2) is 9.91 Å². The molecule has 0 amide bonds. The van der Waals surface area contributed by atoms with Crippen LogP contribution in [0.5, 0.6) is 0 Å². The molecular formula is C7H8F2N4O2. The molecule has 0 saturated heterocycles. The van der Waals surface area contributed by atoms with Gasteiger partial charge in [-0.15, -0.1) is 0 Å². The molecule has 0 aliphatic rings. The monoisotopic (exact) mass is 218 g/mol. The lowest BCUT2D eigenvalue weighted by Gasteiger charge is -2.07. The fourth-order valence-electron chi connectivity index (χ4n) is 1.15. The highest BCUT2D eigenvalue weighted by Gasteiger charge is 2.28. The Labute approximate surface area is 83.0 Å². The third kappa shape index (κ3) is 1.99. The van der Waals surface area contributed by atoms with Crippen LogP contribution in [0.3, 0.4) is 0 Å². The van der Waals surface area contributed by atoms with E-state index < -0.39 is 28.4 Å². The molecule has 1 rings (SSSR count). The van der Waals surface area contributed by atoms with Crippen LogP contribution in [0.2, 0.25) is 0 Å². The van der Waals surface area contributed by atoms with Crippen molar-refractivity contribution >= 4 is 11.5 Å². The van der Waals surface area contributed by atoms with E-state index in [0.717, 1.165) is 6.20 Å². The maximum Gasteiger partial charge on any atom is 0.288 e. The number of hydrogen-bond donors (Lipinski definition) is 2. The van der Waals surface area contributed by atoms with E-state index in [0.29, 0.717) is 0 Å². The average Bonchev–Trinajstić information content (AvgIpc) is 2.16. The quantitative estimate of drug-likeness (QED) is 0.580. The van der Waals surface area contributed by atoms with Crippen molar-refractivity contribution in [1.29, 1.82) is 0 Å². The van der Waals surface area contributed by atoms with Gasteiger partial charge in [-0.2, -0.15) is 0 Å². The first kappa shape index (κ1) is 11.2. The minimum atomic E-state index is -3.05. The molecule has 0 aromatic carbocycles. The second-order valence-electron chi connectivity index (χ2n) is 2.69. The summed E-state index contributed by atoms with van der Waals surface area (Å²) in [5.41, 5.74) is 8.64. The van der Waals surface area contributed by atoms with E-state index >= 15 is 0 Å². The summed E-state index contributed by atoms with van der Waals surface area (Å²) in [5, 5.41) is 10.6. The molecule has 0 radical (unpaired) electrons. The van der Waals surface area contributed by atoms with Gasteiger partial charge in [0.15, 0.2) is 0 Å². The van der Waals surface area contributed by atoms with Crippen LogP contribution in [0.4, 0.5) is 20.3 Å². The van der Waals surface area contributed by atoms with Gasteiger partial charge in [0, 0.05) is 12.7 Å². The van der Waals surface area contributed by atoms with Gasteiger partial charge in [0.25, 0.3) is 12.1 Å². The number of halogens is 2. The van der Waals surface area contributed by atoms with Gasteiger partial charge in [-0.1, -0.05) is 0 Å². The van der Waals surface area contributed by atoms with Gasteiger partial charge in [-0.05, 0) is 0 Å². The summed E-state index contributed by atoms with van der Waals surface area (Å²) >= 11 is 0. The van der Waals surface area contributed by atoms with Gasteiger partial charge in [-0.3, -0.25) is 10.1 Å². The third-order valence-electron chi connectivity index (χ3n) is 1.82. The van der Waals surface area contributed by atoms with E-state index in [1.807, 2.05) is 0 Å². The molecule has 4 N–H and O–H groups in total. The van der Waals surface area contributed by atoms with Crippen molar-refractivity contribution in [3.63, 3.8) is 0 Å². The molecule has 1 aromatic heterocycles. The van der Waals surface area contributed by atoms with Crippen LogP contribution in [0.1, 0.15) is 17.6 Å². The average molecular weight is 218 g/mol. The van der Waals surface area contributed by atoms with E-state index in [9.17, 15) is 18.9 Å². The zero-order chi connectivity index (χ0) is 11.6. The summed E-state index contributed by atoms with van der Waals surface area (Å²) in [6.07, 6.45) is -2.02. The molecule has 1 aromatic rings. The first-order valence-corrected chi connectivity index (χ1v) is 3.88. The van der Waals surface area contributed by atoms with Crippen LogP contribution in [-0.2, 0) is 6.54 Å². The molecule has 0 bridgehead atoms. The fraction of sp³-hybridized carbons (Fsp3) is 0.286. The van der Waals surface area contributed by atoms with Gasteiger partial charge in [0.2, 0.25) is 0 Å². The van der Waals surface area contributed by atoms with Crippen LogP contribution >= 0.6 is 0 Å². The lowest BCUT2D eigenvalue weighted by atomic mass is 10.1. The molecule has 8 heteroatoms. The highest BCUT2D eigenvalue weighted by atomic mass is 19.3. The number of rotatable bonds is 3. The van der Waals surface area contributed by atoms with Crippen LogP contribution in [0, 0.1) is 10.1 Å². The molecule has 1 heterocycles. The number of nitrogens with two attached hydrogens (primary N) is 2. The number of alkyl halides is 2. The number of nitrogens with zero attached hydrogens (tertiary/aromatic N) is 2. The minimum Gasteiger partial charge on any atom is -0.383 e. The molecular weight excluding hydrogens is 210 g/mol. The molecule has 0 atom stereocenters. The molecule has 0 aliphatic carbocycles. The Hall–Kier alpha value is -1.83. The van der Waals surface area contributed by atoms with Crippen molar-refractivity contribution in [2.45, 2.75) is 13.0 Å². The molecule has 0 saturated carbocycles. The topological polar surface area (TPSA) is 108 Å². The maximum absolute atomic E-state index is 12.5. The second-order valence-corrected chi connectivity index (χ2v) is 2.69. The second kappa shape index (κ2) is 4.13. The van der Waals surface area contributed by atoms with Crippen molar-refractivity contribution < 1.29 is 13.7 Å². The predicted molar refractivity (Wildman–Crippen MR) is 48.2 cm³/mol. The lowest BCUT2D eigenvalue weighted by molar-refractivity contribution is -0.387. The van der Waals surface area contributed by atoms with E-state index in [4.69, 9.17) is 11.5 Å². The Bertz CT molecular complexity index is 397. The number of aromatic nitrogens is 1. The summed E-state index contributed by atoms with van der Waals surface area (Å²) in [7, 11) is 0. The number of pyridine rings is 1. The van der Waals surface area contributed by atoms with Crippen molar-refractivity contribution in [3.8, 4) is 0 Å². The first-order valence-electron chi connectivity index (χ1n) is 3.88. The Morgan fingerprint density at radius 3 is 2.60 bits per heavy atom. The lowest BCUT2D eigenvalue weighted by Crippen LogP contribution is -2.09. The molecule has 6 nitrogen and oxygen atoms in total. The Kier molecular flexibility index (Phi) is 3.10. The molecule has 82 valence electrons. The first-order chi connectivity index (χ1) is 6.99. The van der Waals surface area contributed by atoms with E-state index in [2.05, 4.69) is 4.98 Å². The van der Waals surface area contributed by atoms with E-state index in [1.54, 1.807) is 0 Å². The van der Waals surface area contributed by atoms with Crippen LogP contribution in [0.15, 0.2) is 6.20 Å². The summed E-state index contributed by atoms with van der Waals surface area (Å²) in [4.78, 5) is 13.1. The molecule has 0 spiro atoms. The van der Waals surface area contributed by atoms with E-state index in [-0.39, 0.29) is 12.1 Å². The van der Waals surface area contributed by atoms with Crippen LogP contribution in [0.25, 0.3) is 0 Å². The molecule has 15 heavy (non-hydrogen) atoms. The normalized spacial score (nSPS) is 10.7. The zero-order valence-corrected chi connectivity index (χ0v) is 7.48. The summed E-state index contributed by atoms with van der Waals surface area (Å²) in [6, 6.07) is 0. The summed E-state index contributed by atoms with van der Waals surface area (Å²) < 4.78 is 25.0. The smallest absolute Gasteiger partial charge is 0.288 e. The molecule has 0 unspecified atom stereocenters. The van der Waals surface area contributed by atoms with Gasteiger partial charge < -0.3 is 11.5 Å². The Balaban J connectivity index is 3.51. The number of nitro groups is 1. The van der Waals surface area contributed by atoms with Crippen molar-refractivity contribution in [2.24, 2.45) is 5.73 Å². The predicted octanol–water partition coefficient (Wildman–Crippen LogP) is 0.968. The van der Waals surface area contributed by atoms with Crippen molar-refractivity contribution in [1.82, 2.24) is 4.98 Å². The SMILES string of the molecule is NCc1cnc(N)c(C(F)F)c1[N+](=O)[O-]. The summed E-state index contributed by atoms with van der Waals surface area (Å²) in [6.45, 7) is -0.247. The fourth-order valence-corrected chi connectivity index (χ4v) is 1.15. The standard InChI is InChI=1S/C7H8F2N4O2/c8-6(9)4-5(13(14)15)3(1-10)2-12-7(4)11/h2,6H,1,10H2,(H2,11,12). The minimum absolute atomic E-state index is 0.0653. The zero-order valence-electron chi connectivity index (χ0n) is 7.48. The Morgan fingerprint density at radius 1 is 1.60 bits per heavy atom. The maximum atomic E-state index is 12.5. The van der Waals surface area contributed by atoms with Gasteiger partial charge in [-0.25, -0.2) is 13.8 Å². The summed E-state index contributed by atoms with van der Waals surface area (Å²) in [5.74, 6) is -0.547. The number of hydrogen-bond acceptors (Lipinski definition) is 5. The number of anilines is 1. The van der Waals surface area contributed by atoms with Crippen molar-refractivity contribution in [3.05, 3.63) is 27.4 Å². The van der Waals surface area contributed by atoms with Gasteiger partial charge in [0.1, 0.15) is 11.4 Å². The highest BCUT2D eigenvalue weighted by molar-refractivity contribution is 5.57. The highest BCUT2D eigenvalue weighted by Crippen LogP contribution is 2.34. The van der Waals surface area contributed by atoms with Crippen molar-refractivity contribution in [2.75, 3.05) is 5.73 Å². The molecule has 0 fully saturated rings. The van der Waals surface area contributed by atoms with E-state index in [1.165, 1.54) is 0 Å². The van der Waals surface area contributed by atoms with Gasteiger partial charge >= 0.3 is 0 Å².